The first-order valence-corrected chi connectivity index (χ1v) is 23.6. The fraction of sp³-hybridized carbons (Fsp3) is 0.780. The van der Waals surface area contributed by atoms with Gasteiger partial charge in [-0.2, -0.15) is 0 Å². The molecule has 0 heterocycles. The standard InChI is InChI=1S/C50H88O6/c1-4-7-10-13-16-19-22-24-26-28-31-34-37-40-43-49(52)55-46-47(45-54-48(51)42-39-36-33-30-27-21-18-15-12-9-6-3)56-50(53)44-41-38-35-32-29-25-23-20-17-14-11-8-5-2/h9,12,18,21,25,29-30,33,47H,4-8,10-11,13-17,19-20,22-24,26-28,31-32,34-46H2,1-3H3/b12-9-,21-18-,29-25-,33-30-. The Morgan fingerprint density at radius 2 is 0.714 bits per heavy atom. The maximum absolute atomic E-state index is 12.7. The monoisotopic (exact) mass is 785 g/mol. The van der Waals surface area contributed by atoms with Crippen LogP contribution in [0.1, 0.15) is 233 Å². The second kappa shape index (κ2) is 45.1. The summed E-state index contributed by atoms with van der Waals surface area (Å²) in [6.07, 6.45) is 52.5. The zero-order chi connectivity index (χ0) is 40.8. The lowest BCUT2D eigenvalue weighted by Crippen LogP contribution is -2.30. The SMILES string of the molecule is CC/C=C\C/C=C\C/C=C\CCCC(=O)OCC(COC(=O)CCCCCCCCCCCCCCCC)OC(=O)CCCCC/C=C\CCCCCCCC. The molecule has 324 valence electrons. The Hall–Kier alpha value is -2.63. The molecule has 6 nitrogen and oxygen atoms in total. The van der Waals surface area contributed by atoms with E-state index in [2.05, 4.69) is 69.4 Å². The van der Waals surface area contributed by atoms with Gasteiger partial charge in [-0.25, -0.2) is 0 Å². The van der Waals surface area contributed by atoms with Crippen LogP contribution in [0.25, 0.3) is 0 Å². The highest BCUT2D eigenvalue weighted by Crippen LogP contribution is 2.14. The minimum Gasteiger partial charge on any atom is -0.462 e. The molecule has 0 spiro atoms. The fourth-order valence-corrected chi connectivity index (χ4v) is 6.52. The smallest absolute Gasteiger partial charge is 0.306 e. The maximum Gasteiger partial charge on any atom is 0.306 e. The van der Waals surface area contributed by atoms with Crippen molar-refractivity contribution in [3.8, 4) is 0 Å². The molecule has 1 atom stereocenters. The Morgan fingerprint density at radius 3 is 1.20 bits per heavy atom. The molecule has 0 aliphatic rings. The molecule has 0 N–H and O–H groups in total. The van der Waals surface area contributed by atoms with E-state index in [4.69, 9.17) is 14.2 Å². The summed E-state index contributed by atoms with van der Waals surface area (Å²) in [5.74, 6) is -0.964. The minimum atomic E-state index is -0.796. The highest BCUT2D eigenvalue weighted by molar-refractivity contribution is 5.71. The molecule has 0 rings (SSSR count). The van der Waals surface area contributed by atoms with Crippen molar-refractivity contribution in [2.45, 2.75) is 239 Å². The molecule has 0 fully saturated rings. The summed E-state index contributed by atoms with van der Waals surface area (Å²) in [5, 5.41) is 0. The highest BCUT2D eigenvalue weighted by Gasteiger charge is 2.19. The molecule has 0 aromatic carbocycles. The summed E-state index contributed by atoms with van der Waals surface area (Å²) in [4.78, 5) is 37.7. The Morgan fingerprint density at radius 1 is 0.375 bits per heavy atom. The normalized spacial score (nSPS) is 12.4. The van der Waals surface area contributed by atoms with Crippen LogP contribution < -0.4 is 0 Å². The van der Waals surface area contributed by atoms with E-state index >= 15 is 0 Å². The predicted octanol–water partition coefficient (Wildman–Crippen LogP) is 15.1. The number of allylic oxidation sites excluding steroid dienone is 8. The van der Waals surface area contributed by atoms with Gasteiger partial charge in [0, 0.05) is 19.3 Å². The molecule has 0 saturated heterocycles. The van der Waals surface area contributed by atoms with Crippen LogP contribution in [0, 0.1) is 0 Å². The predicted molar refractivity (Wildman–Crippen MR) is 238 cm³/mol. The van der Waals surface area contributed by atoms with Gasteiger partial charge in [-0.3, -0.25) is 14.4 Å². The summed E-state index contributed by atoms with van der Waals surface area (Å²) < 4.78 is 16.7. The lowest BCUT2D eigenvalue weighted by Gasteiger charge is -2.18. The van der Waals surface area contributed by atoms with E-state index in [0.29, 0.717) is 19.3 Å². The van der Waals surface area contributed by atoms with Gasteiger partial charge in [-0.05, 0) is 70.6 Å². The van der Waals surface area contributed by atoms with E-state index in [9.17, 15) is 14.4 Å². The molecule has 0 bridgehead atoms. The number of hydrogen-bond donors (Lipinski definition) is 0. The third-order valence-corrected chi connectivity index (χ3v) is 10.1. The van der Waals surface area contributed by atoms with E-state index in [1.54, 1.807) is 0 Å². The molecule has 0 aliphatic carbocycles. The number of carbonyl (C=O) groups excluding carboxylic acids is 3. The van der Waals surface area contributed by atoms with Gasteiger partial charge in [-0.15, -0.1) is 0 Å². The first kappa shape index (κ1) is 53.4. The van der Waals surface area contributed by atoms with Crippen LogP contribution in [0.15, 0.2) is 48.6 Å². The van der Waals surface area contributed by atoms with Crippen LogP contribution in [0.4, 0.5) is 0 Å². The molecular weight excluding hydrogens is 697 g/mol. The summed E-state index contributed by atoms with van der Waals surface area (Å²) in [7, 11) is 0. The van der Waals surface area contributed by atoms with Crippen molar-refractivity contribution >= 4 is 17.9 Å². The Labute approximate surface area is 346 Å². The topological polar surface area (TPSA) is 78.9 Å². The molecule has 0 aliphatic heterocycles. The van der Waals surface area contributed by atoms with Gasteiger partial charge in [0.2, 0.25) is 0 Å². The molecule has 6 heteroatoms. The molecule has 0 saturated carbocycles. The number of unbranched alkanes of at least 4 members (excludes halogenated alkanes) is 23. The van der Waals surface area contributed by atoms with Crippen LogP contribution in [0.2, 0.25) is 0 Å². The molecular formula is C50H88O6. The third-order valence-electron chi connectivity index (χ3n) is 10.1. The van der Waals surface area contributed by atoms with Crippen molar-refractivity contribution in [1.82, 2.24) is 0 Å². The summed E-state index contributed by atoms with van der Waals surface area (Å²) in [6.45, 7) is 6.45. The van der Waals surface area contributed by atoms with Crippen molar-refractivity contribution in [2.24, 2.45) is 0 Å². The van der Waals surface area contributed by atoms with Crippen molar-refractivity contribution in [2.75, 3.05) is 13.2 Å². The number of esters is 3. The molecule has 0 aromatic rings. The van der Waals surface area contributed by atoms with Crippen molar-refractivity contribution in [3.63, 3.8) is 0 Å². The minimum absolute atomic E-state index is 0.0929. The first-order chi connectivity index (χ1) is 27.5. The van der Waals surface area contributed by atoms with E-state index < -0.39 is 6.10 Å². The molecule has 0 radical (unpaired) electrons. The van der Waals surface area contributed by atoms with Gasteiger partial charge in [0.05, 0.1) is 0 Å². The van der Waals surface area contributed by atoms with E-state index in [1.807, 2.05) is 0 Å². The third kappa shape index (κ3) is 42.5. The Kier molecular flexibility index (Phi) is 43.0. The molecule has 1 unspecified atom stereocenters. The second-order valence-corrected chi connectivity index (χ2v) is 15.6. The zero-order valence-corrected chi connectivity index (χ0v) is 36.9. The Bertz CT molecular complexity index is 996. The van der Waals surface area contributed by atoms with E-state index in [-0.39, 0.29) is 37.5 Å². The van der Waals surface area contributed by atoms with Gasteiger partial charge in [0.15, 0.2) is 6.10 Å². The van der Waals surface area contributed by atoms with Gasteiger partial charge in [-0.1, -0.05) is 191 Å². The number of ether oxygens (including phenoxy) is 3. The average molecular weight is 785 g/mol. The number of hydrogen-bond acceptors (Lipinski definition) is 6. The van der Waals surface area contributed by atoms with Gasteiger partial charge >= 0.3 is 17.9 Å². The van der Waals surface area contributed by atoms with Gasteiger partial charge in [0.25, 0.3) is 0 Å². The van der Waals surface area contributed by atoms with Crippen molar-refractivity contribution in [1.29, 1.82) is 0 Å². The number of rotatable bonds is 42. The zero-order valence-electron chi connectivity index (χ0n) is 36.9. The van der Waals surface area contributed by atoms with Crippen molar-refractivity contribution < 1.29 is 28.6 Å². The lowest BCUT2D eigenvalue weighted by molar-refractivity contribution is -0.167. The van der Waals surface area contributed by atoms with Crippen molar-refractivity contribution in [3.05, 3.63) is 48.6 Å². The Balaban J connectivity index is 4.43. The lowest BCUT2D eigenvalue weighted by atomic mass is 10.0. The van der Waals surface area contributed by atoms with E-state index in [0.717, 1.165) is 77.0 Å². The van der Waals surface area contributed by atoms with Crippen LogP contribution in [0.3, 0.4) is 0 Å². The van der Waals surface area contributed by atoms with Crippen LogP contribution in [-0.2, 0) is 28.6 Å². The first-order valence-electron chi connectivity index (χ1n) is 23.6. The largest absolute Gasteiger partial charge is 0.462 e. The maximum atomic E-state index is 12.7. The summed E-state index contributed by atoms with van der Waals surface area (Å²) in [6, 6.07) is 0. The molecule has 56 heavy (non-hydrogen) atoms. The van der Waals surface area contributed by atoms with Crippen LogP contribution in [0.5, 0.6) is 0 Å². The van der Waals surface area contributed by atoms with Crippen LogP contribution in [-0.4, -0.2) is 37.2 Å². The number of carbonyl (C=O) groups is 3. The average Bonchev–Trinajstić information content (AvgIpc) is 3.19. The highest BCUT2D eigenvalue weighted by atomic mass is 16.6. The second-order valence-electron chi connectivity index (χ2n) is 15.6. The quantitative estimate of drug-likeness (QED) is 0.0265. The van der Waals surface area contributed by atoms with Gasteiger partial charge in [0.1, 0.15) is 13.2 Å². The fourth-order valence-electron chi connectivity index (χ4n) is 6.52. The molecule has 0 aromatic heterocycles. The molecule has 0 amide bonds. The summed E-state index contributed by atoms with van der Waals surface area (Å²) in [5.41, 5.74) is 0. The van der Waals surface area contributed by atoms with Gasteiger partial charge < -0.3 is 14.2 Å². The van der Waals surface area contributed by atoms with Crippen LogP contribution >= 0.6 is 0 Å². The van der Waals surface area contributed by atoms with E-state index in [1.165, 1.54) is 109 Å². The summed E-state index contributed by atoms with van der Waals surface area (Å²) >= 11 is 0.